The first-order valence-electron chi connectivity index (χ1n) is 9.87. The second-order valence-electron chi connectivity index (χ2n) is 9.03. The van der Waals surface area contributed by atoms with Crippen molar-refractivity contribution in [2.24, 2.45) is 22.7 Å². The lowest BCUT2D eigenvalue weighted by Gasteiger charge is -2.61. The van der Waals surface area contributed by atoms with Gasteiger partial charge in [-0.2, -0.15) is 0 Å². The molecule has 0 radical (unpaired) electrons. The Balaban J connectivity index is 2.47. The number of carboxylic acids is 1. The molecule has 2 saturated carbocycles. The molecule has 0 amide bonds. The molecule has 5 nitrogen and oxygen atoms in total. The zero-order chi connectivity index (χ0) is 20.6. The number of carbonyl (C=O) groups excluding carboxylic acids is 1. The summed E-state index contributed by atoms with van der Waals surface area (Å²) in [6, 6.07) is 0. The Morgan fingerprint density at radius 3 is 2.48 bits per heavy atom. The first-order valence-corrected chi connectivity index (χ1v) is 9.87. The molecule has 0 aliphatic heterocycles. The highest BCUT2D eigenvalue weighted by Gasteiger charge is 2.59. The zero-order valence-electron chi connectivity index (χ0n) is 17.2. The fourth-order valence-electron chi connectivity index (χ4n) is 5.62. The Kier molecular flexibility index (Phi) is 6.25. The quantitative estimate of drug-likeness (QED) is 0.427. The average Bonchev–Trinajstić information content (AvgIpc) is 2.54. The summed E-state index contributed by atoms with van der Waals surface area (Å²) in [4.78, 5) is 23.0. The van der Waals surface area contributed by atoms with Crippen LogP contribution >= 0.6 is 0 Å². The molecule has 152 valence electrons. The predicted molar refractivity (Wildman–Crippen MR) is 104 cm³/mol. The van der Waals surface area contributed by atoms with Crippen molar-refractivity contribution in [2.45, 2.75) is 78.9 Å². The number of aliphatic hydroxyl groups excluding tert-OH is 1. The molecular weight excluding hydrogens is 344 g/mol. The standard InChI is InChI=1S/C22H34O5/c1-13(12-20(25)26)11-19(27-16(4)23)22(6)14(2)9-10-21(5)15(3)17(24)7-8-18(21)22/h12,14,17-19,24H,3,7-11H2,1-2,4-6H3,(H,25,26)/b13-12+/t14-,17+,18-,19+,21+,22+/m1/s1. The number of fused-ring (bicyclic) bond motifs is 1. The second kappa shape index (κ2) is 7.78. The van der Waals surface area contributed by atoms with Gasteiger partial charge in [0.15, 0.2) is 0 Å². The van der Waals surface area contributed by atoms with Crippen molar-refractivity contribution in [2.75, 3.05) is 0 Å². The first kappa shape index (κ1) is 21.7. The third-order valence-corrected chi connectivity index (χ3v) is 7.42. The van der Waals surface area contributed by atoms with Crippen molar-refractivity contribution in [3.05, 3.63) is 23.8 Å². The largest absolute Gasteiger partial charge is 0.478 e. The number of esters is 1. The lowest BCUT2D eigenvalue weighted by molar-refractivity contribution is -0.175. The summed E-state index contributed by atoms with van der Waals surface area (Å²) in [7, 11) is 0. The number of aliphatic carboxylic acids is 1. The van der Waals surface area contributed by atoms with Gasteiger partial charge in [0, 0.05) is 24.8 Å². The van der Waals surface area contributed by atoms with Crippen molar-refractivity contribution in [3.63, 3.8) is 0 Å². The van der Waals surface area contributed by atoms with Crippen LogP contribution in [0.4, 0.5) is 0 Å². The van der Waals surface area contributed by atoms with Gasteiger partial charge >= 0.3 is 11.9 Å². The normalized spacial score (nSPS) is 38.1. The number of hydrogen-bond acceptors (Lipinski definition) is 4. The lowest BCUT2D eigenvalue weighted by Crippen LogP contribution is -2.58. The van der Waals surface area contributed by atoms with Crippen molar-refractivity contribution < 1.29 is 24.5 Å². The molecule has 0 bridgehead atoms. The van der Waals surface area contributed by atoms with Gasteiger partial charge < -0.3 is 14.9 Å². The summed E-state index contributed by atoms with van der Waals surface area (Å²) in [6.45, 7) is 13.9. The van der Waals surface area contributed by atoms with Crippen molar-refractivity contribution in [1.82, 2.24) is 0 Å². The summed E-state index contributed by atoms with van der Waals surface area (Å²) in [5.74, 6) is -0.819. The predicted octanol–water partition coefficient (Wildman–Crippen LogP) is 4.11. The zero-order valence-corrected chi connectivity index (χ0v) is 17.2. The molecule has 0 aromatic carbocycles. The van der Waals surface area contributed by atoms with Crippen LogP contribution in [0.1, 0.15) is 66.7 Å². The third kappa shape index (κ3) is 3.98. The molecule has 2 aliphatic rings. The molecule has 6 atom stereocenters. The number of ether oxygens (including phenoxy) is 1. The van der Waals surface area contributed by atoms with Crippen LogP contribution in [0.2, 0.25) is 0 Å². The fourth-order valence-corrected chi connectivity index (χ4v) is 5.62. The molecule has 2 rings (SSSR count). The SMILES string of the molecule is C=C1[C@@H](O)CC[C@H]2[C@@](C)([C@H](C/C(C)=C/C(=O)O)OC(C)=O)[C@H](C)CC[C@@]12C. The molecular formula is C22H34O5. The van der Waals surface area contributed by atoms with Gasteiger partial charge in [0.05, 0.1) is 6.10 Å². The molecule has 2 N–H and O–H groups in total. The average molecular weight is 379 g/mol. The first-order chi connectivity index (χ1) is 12.4. The molecule has 0 heterocycles. The summed E-state index contributed by atoms with van der Waals surface area (Å²) in [5, 5.41) is 19.5. The van der Waals surface area contributed by atoms with Crippen LogP contribution in [0.15, 0.2) is 23.8 Å². The minimum Gasteiger partial charge on any atom is -0.478 e. The Hall–Kier alpha value is -1.62. The van der Waals surface area contributed by atoms with E-state index in [1.54, 1.807) is 6.92 Å². The molecule has 2 fully saturated rings. The number of hydrogen-bond donors (Lipinski definition) is 2. The summed E-state index contributed by atoms with van der Waals surface area (Å²) < 4.78 is 5.81. The van der Waals surface area contributed by atoms with Crippen LogP contribution in [-0.4, -0.2) is 34.4 Å². The number of rotatable bonds is 5. The highest BCUT2D eigenvalue weighted by Crippen LogP contribution is 2.63. The van der Waals surface area contributed by atoms with Gasteiger partial charge in [-0.15, -0.1) is 0 Å². The topological polar surface area (TPSA) is 83.8 Å². The smallest absolute Gasteiger partial charge is 0.328 e. The summed E-state index contributed by atoms with van der Waals surface area (Å²) in [5.41, 5.74) is 1.04. The van der Waals surface area contributed by atoms with Gasteiger partial charge in [-0.25, -0.2) is 4.79 Å². The molecule has 0 aromatic heterocycles. The maximum Gasteiger partial charge on any atom is 0.328 e. The summed E-state index contributed by atoms with van der Waals surface area (Å²) in [6.07, 6.45) is 4.12. The van der Waals surface area contributed by atoms with Gasteiger partial charge in [-0.1, -0.05) is 32.9 Å². The van der Waals surface area contributed by atoms with Crippen molar-refractivity contribution in [1.29, 1.82) is 0 Å². The minimum absolute atomic E-state index is 0.207. The maximum absolute atomic E-state index is 11.9. The van der Waals surface area contributed by atoms with Crippen LogP contribution in [0.25, 0.3) is 0 Å². The van der Waals surface area contributed by atoms with E-state index in [1.165, 1.54) is 13.0 Å². The van der Waals surface area contributed by atoms with Gasteiger partial charge in [0.1, 0.15) is 6.10 Å². The fraction of sp³-hybridized carbons (Fsp3) is 0.727. The van der Waals surface area contributed by atoms with Crippen molar-refractivity contribution in [3.8, 4) is 0 Å². The van der Waals surface area contributed by atoms with E-state index in [4.69, 9.17) is 9.84 Å². The highest BCUT2D eigenvalue weighted by molar-refractivity contribution is 5.80. The lowest BCUT2D eigenvalue weighted by atomic mass is 9.45. The van der Waals surface area contributed by atoms with E-state index in [0.717, 1.165) is 24.8 Å². The number of aliphatic hydroxyl groups is 1. The van der Waals surface area contributed by atoms with E-state index in [0.29, 0.717) is 24.3 Å². The van der Waals surface area contributed by atoms with Crippen LogP contribution in [0.5, 0.6) is 0 Å². The van der Waals surface area contributed by atoms with E-state index < -0.39 is 18.2 Å². The molecule has 0 aromatic rings. The van der Waals surface area contributed by atoms with E-state index >= 15 is 0 Å². The molecule has 0 unspecified atom stereocenters. The van der Waals surface area contributed by atoms with E-state index in [1.807, 2.05) is 0 Å². The van der Waals surface area contributed by atoms with Gasteiger partial charge in [0.25, 0.3) is 0 Å². The number of carboxylic acid groups (broad SMARTS) is 1. The molecule has 2 aliphatic carbocycles. The van der Waals surface area contributed by atoms with Gasteiger partial charge in [-0.05, 0) is 55.4 Å². The minimum atomic E-state index is -0.991. The Bertz CT molecular complexity index is 651. The molecule has 0 spiro atoms. The summed E-state index contributed by atoms with van der Waals surface area (Å²) >= 11 is 0. The Morgan fingerprint density at radius 2 is 1.93 bits per heavy atom. The molecule has 5 heteroatoms. The van der Waals surface area contributed by atoms with E-state index in [2.05, 4.69) is 27.4 Å². The van der Waals surface area contributed by atoms with Crippen LogP contribution in [-0.2, 0) is 14.3 Å². The van der Waals surface area contributed by atoms with Gasteiger partial charge in [0.2, 0.25) is 0 Å². The molecule has 0 saturated heterocycles. The van der Waals surface area contributed by atoms with Crippen LogP contribution in [0.3, 0.4) is 0 Å². The third-order valence-electron chi connectivity index (χ3n) is 7.42. The van der Waals surface area contributed by atoms with E-state index in [-0.39, 0.29) is 22.7 Å². The van der Waals surface area contributed by atoms with E-state index in [9.17, 15) is 14.7 Å². The van der Waals surface area contributed by atoms with Crippen molar-refractivity contribution >= 4 is 11.9 Å². The highest BCUT2D eigenvalue weighted by atomic mass is 16.5. The second-order valence-corrected chi connectivity index (χ2v) is 9.03. The monoisotopic (exact) mass is 378 g/mol. The van der Waals surface area contributed by atoms with Crippen LogP contribution < -0.4 is 0 Å². The Labute approximate surface area is 162 Å². The van der Waals surface area contributed by atoms with Crippen LogP contribution in [0, 0.1) is 22.7 Å². The number of carbonyl (C=O) groups is 2. The maximum atomic E-state index is 11.9. The molecule has 27 heavy (non-hydrogen) atoms. The van der Waals surface area contributed by atoms with Gasteiger partial charge in [-0.3, -0.25) is 4.79 Å². The Morgan fingerprint density at radius 1 is 1.30 bits per heavy atom.